The van der Waals surface area contributed by atoms with E-state index >= 15 is 0 Å². The molecule has 0 aromatic heterocycles. The van der Waals surface area contributed by atoms with E-state index in [4.69, 9.17) is 4.74 Å². The minimum Gasteiger partial charge on any atom is -0.383 e. The van der Waals surface area contributed by atoms with Gasteiger partial charge in [0.15, 0.2) is 0 Å². The first-order valence-corrected chi connectivity index (χ1v) is 6.51. The quantitative estimate of drug-likeness (QED) is 0.700. The van der Waals surface area contributed by atoms with E-state index in [0.717, 1.165) is 32.0 Å². The van der Waals surface area contributed by atoms with Gasteiger partial charge in [0.25, 0.3) is 0 Å². The molecule has 96 valence electrons. The van der Waals surface area contributed by atoms with Crippen LogP contribution in [0.3, 0.4) is 0 Å². The van der Waals surface area contributed by atoms with Gasteiger partial charge in [-0.15, -0.1) is 0 Å². The van der Waals surface area contributed by atoms with Gasteiger partial charge in [-0.3, -0.25) is 0 Å². The summed E-state index contributed by atoms with van der Waals surface area (Å²) in [4.78, 5) is 0. The summed E-state index contributed by atoms with van der Waals surface area (Å²) in [5, 5.41) is 3.44. The Morgan fingerprint density at radius 2 is 1.94 bits per heavy atom. The van der Waals surface area contributed by atoms with Crippen LogP contribution in [0, 0.1) is 12.8 Å². The lowest BCUT2D eigenvalue weighted by atomic mass is 9.96. The summed E-state index contributed by atoms with van der Waals surface area (Å²) in [5.41, 5.74) is 2.77. The summed E-state index contributed by atoms with van der Waals surface area (Å²) < 4.78 is 5.03. The SMILES string of the molecule is CCC(CNCCOC)Cc1ccc(C)cc1. The number of nitrogens with one attached hydrogen (secondary N) is 1. The molecule has 1 unspecified atom stereocenters. The largest absolute Gasteiger partial charge is 0.383 e. The Morgan fingerprint density at radius 1 is 1.24 bits per heavy atom. The maximum Gasteiger partial charge on any atom is 0.0587 e. The normalized spacial score (nSPS) is 12.6. The average Bonchev–Trinajstić information content (AvgIpc) is 2.35. The van der Waals surface area contributed by atoms with Crippen LogP contribution in [-0.2, 0) is 11.2 Å². The summed E-state index contributed by atoms with van der Waals surface area (Å²) in [7, 11) is 1.74. The first-order valence-electron chi connectivity index (χ1n) is 6.51. The van der Waals surface area contributed by atoms with E-state index in [-0.39, 0.29) is 0 Å². The maximum absolute atomic E-state index is 5.03. The number of rotatable bonds is 8. The number of aryl methyl sites for hydroxylation is 1. The molecule has 0 radical (unpaired) electrons. The van der Waals surface area contributed by atoms with Crippen molar-refractivity contribution in [3.63, 3.8) is 0 Å². The summed E-state index contributed by atoms with van der Waals surface area (Å²) >= 11 is 0. The third-order valence-electron chi connectivity index (χ3n) is 3.14. The van der Waals surface area contributed by atoms with Crippen molar-refractivity contribution in [2.24, 2.45) is 5.92 Å². The van der Waals surface area contributed by atoms with E-state index in [0.29, 0.717) is 0 Å². The Bertz CT molecular complexity index is 294. The van der Waals surface area contributed by atoms with Crippen LogP contribution in [0.5, 0.6) is 0 Å². The molecule has 2 nitrogen and oxygen atoms in total. The molecule has 1 aromatic carbocycles. The molecule has 0 aliphatic heterocycles. The van der Waals surface area contributed by atoms with Gasteiger partial charge >= 0.3 is 0 Å². The number of methoxy groups -OCH3 is 1. The molecule has 0 fully saturated rings. The molecule has 0 bridgehead atoms. The van der Waals surface area contributed by atoms with E-state index < -0.39 is 0 Å². The third-order valence-corrected chi connectivity index (χ3v) is 3.14. The summed E-state index contributed by atoms with van der Waals surface area (Å²) in [6, 6.07) is 8.88. The molecule has 17 heavy (non-hydrogen) atoms. The predicted molar refractivity (Wildman–Crippen MR) is 73.4 cm³/mol. The van der Waals surface area contributed by atoms with Crippen molar-refractivity contribution in [1.82, 2.24) is 5.32 Å². The fraction of sp³-hybridized carbons (Fsp3) is 0.600. The predicted octanol–water partition coefficient (Wildman–Crippen LogP) is 2.80. The molecule has 0 saturated heterocycles. The van der Waals surface area contributed by atoms with Gasteiger partial charge in [0.05, 0.1) is 6.61 Å². The monoisotopic (exact) mass is 235 g/mol. The zero-order valence-electron chi connectivity index (χ0n) is 11.3. The van der Waals surface area contributed by atoms with E-state index in [1.165, 1.54) is 17.5 Å². The van der Waals surface area contributed by atoms with Crippen LogP contribution in [0.4, 0.5) is 0 Å². The highest BCUT2D eigenvalue weighted by Gasteiger charge is 2.06. The second-order valence-corrected chi connectivity index (χ2v) is 4.66. The van der Waals surface area contributed by atoms with Crippen LogP contribution >= 0.6 is 0 Å². The molecule has 2 heteroatoms. The Kier molecular flexibility index (Phi) is 6.90. The first-order chi connectivity index (χ1) is 8.26. The molecule has 0 spiro atoms. The molecular weight excluding hydrogens is 210 g/mol. The maximum atomic E-state index is 5.03. The lowest BCUT2D eigenvalue weighted by Gasteiger charge is -2.15. The van der Waals surface area contributed by atoms with Crippen LogP contribution in [0.25, 0.3) is 0 Å². The number of hydrogen-bond acceptors (Lipinski definition) is 2. The molecule has 0 amide bonds. The highest BCUT2D eigenvalue weighted by atomic mass is 16.5. The van der Waals surface area contributed by atoms with Crippen molar-refractivity contribution in [3.8, 4) is 0 Å². The van der Waals surface area contributed by atoms with Crippen LogP contribution in [-0.4, -0.2) is 26.8 Å². The second-order valence-electron chi connectivity index (χ2n) is 4.66. The summed E-state index contributed by atoms with van der Waals surface area (Å²) in [5.74, 6) is 0.717. The first kappa shape index (κ1) is 14.2. The average molecular weight is 235 g/mol. The van der Waals surface area contributed by atoms with Gasteiger partial charge in [-0.1, -0.05) is 43.2 Å². The second kappa shape index (κ2) is 8.26. The molecule has 1 N–H and O–H groups in total. The van der Waals surface area contributed by atoms with E-state index in [2.05, 4.69) is 43.4 Å². The molecule has 1 atom stereocenters. The molecule has 0 aliphatic carbocycles. The lowest BCUT2D eigenvalue weighted by molar-refractivity contribution is 0.197. The van der Waals surface area contributed by atoms with Gasteiger partial charge in [0.1, 0.15) is 0 Å². The van der Waals surface area contributed by atoms with E-state index in [1.807, 2.05) is 0 Å². The Hall–Kier alpha value is -0.860. The Morgan fingerprint density at radius 3 is 2.53 bits per heavy atom. The van der Waals surface area contributed by atoms with Crippen molar-refractivity contribution < 1.29 is 4.74 Å². The van der Waals surface area contributed by atoms with Gasteiger partial charge in [0.2, 0.25) is 0 Å². The van der Waals surface area contributed by atoms with Gasteiger partial charge < -0.3 is 10.1 Å². The smallest absolute Gasteiger partial charge is 0.0587 e. The Balaban J connectivity index is 2.33. The zero-order chi connectivity index (χ0) is 12.5. The van der Waals surface area contributed by atoms with Gasteiger partial charge in [-0.05, 0) is 31.4 Å². The molecule has 1 aromatic rings. The standard InChI is InChI=1S/C15H25NO/c1-4-14(12-16-9-10-17-3)11-15-7-5-13(2)6-8-15/h5-8,14,16H,4,9-12H2,1-3H3. The zero-order valence-corrected chi connectivity index (χ0v) is 11.3. The highest BCUT2D eigenvalue weighted by molar-refractivity contribution is 5.21. The minimum atomic E-state index is 0.717. The van der Waals surface area contributed by atoms with Crippen LogP contribution in [0.15, 0.2) is 24.3 Å². The van der Waals surface area contributed by atoms with Gasteiger partial charge in [-0.25, -0.2) is 0 Å². The molecule has 0 aliphatic rings. The summed E-state index contributed by atoms with van der Waals surface area (Å²) in [6.07, 6.45) is 2.38. The fourth-order valence-corrected chi connectivity index (χ4v) is 1.90. The summed E-state index contributed by atoms with van der Waals surface area (Å²) in [6.45, 7) is 7.21. The number of hydrogen-bond donors (Lipinski definition) is 1. The van der Waals surface area contributed by atoms with Crippen LogP contribution in [0.2, 0.25) is 0 Å². The lowest BCUT2D eigenvalue weighted by Crippen LogP contribution is -2.27. The van der Waals surface area contributed by atoms with E-state index in [1.54, 1.807) is 7.11 Å². The van der Waals surface area contributed by atoms with Crippen LogP contribution < -0.4 is 5.32 Å². The van der Waals surface area contributed by atoms with Crippen molar-refractivity contribution in [2.45, 2.75) is 26.7 Å². The van der Waals surface area contributed by atoms with Crippen molar-refractivity contribution in [3.05, 3.63) is 35.4 Å². The van der Waals surface area contributed by atoms with Crippen molar-refractivity contribution in [2.75, 3.05) is 26.8 Å². The minimum absolute atomic E-state index is 0.717. The van der Waals surface area contributed by atoms with Crippen molar-refractivity contribution >= 4 is 0 Å². The Labute approximate surface area is 105 Å². The molecule has 0 saturated carbocycles. The van der Waals surface area contributed by atoms with Gasteiger partial charge in [-0.2, -0.15) is 0 Å². The highest BCUT2D eigenvalue weighted by Crippen LogP contribution is 2.12. The molecule has 0 heterocycles. The fourth-order valence-electron chi connectivity index (χ4n) is 1.90. The van der Waals surface area contributed by atoms with Crippen LogP contribution in [0.1, 0.15) is 24.5 Å². The molecular formula is C15H25NO. The van der Waals surface area contributed by atoms with Gasteiger partial charge in [0, 0.05) is 13.7 Å². The topological polar surface area (TPSA) is 21.3 Å². The third kappa shape index (κ3) is 5.85. The number of benzene rings is 1. The number of ether oxygens (including phenoxy) is 1. The molecule has 1 rings (SSSR count). The van der Waals surface area contributed by atoms with Crippen molar-refractivity contribution in [1.29, 1.82) is 0 Å². The van der Waals surface area contributed by atoms with E-state index in [9.17, 15) is 0 Å².